The summed E-state index contributed by atoms with van der Waals surface area (Å²) in [5.41, 5.74) is 1.27. The molecule has 0 radical (unpaired) electrons. The molecule has 1 aliphatic heterocycles. The second kappa shape index (κ2) is 5.74. The van der Waals surface area contributed by atoms with Gasteiger partial charge in [-0.1, -0.05) is 16.8 Å². The van der Waals surface area contributed by atoms with Crippen molar-refractivity contribution in [2.75, 3.05) is 0 Å². The zero-order valence-electron chi connectivity index (χ0n) is 11.0. The van der Waals surface area contributed by atoms with Crippen LogP contribution < -0.4 is 5.32 Å². The molecule has 1 unspecified atom stereocenters. The maximum atomic E-state index is 12.9. The number of halogens is 2. The monoisotopic (exact) mass is 324 g/mol. The normalized spacial score (nSPS) is 17.8. The molecule has 0 amide bonds. The Hall–Kier alpha value is -2.45. The van der Waals surface area contributed by atoms with Gasteiger partial charge in [-0.05, 0) is 24.3 Å². The number of ether oxygens (including phenoxy) is 1. The van der Waals surface area contributed by atoms with Crippen LogP contribution in [0, 0.1) is 5.82 Å². The number of carbonyl (C=O) groups is 1. The Balaban J connectivity index is 1.70. The van der Waals surface area contributed by atoms with E-state index in [2.05, 4.69) is 20.4 Å². The zero-order chi connectivity index (χ0) is 15.7. The van der Waals surface area contributed by atoms with E-state index in [0.29, 0.717) is 11.4 Å². The highest BCUT2D eigenvalue weighted by molar-refractivity contribution is 6.42. The molecule has 114 valence electrons. The Morgan fingerprint density at radius 2 is 2.14 bits per heavy atom. The average Bonchev–Trinajstić information content (AvgIpc) is 3.05. The molecule has 3 rings (SSSR count). The van der Waals surface area contributed by atoms with Gasteiger partial charge in [0.2, 0.25) is 6.29 Å². The lowest BCUT2D eigenvalue weighted by atomic mass is 10.3. The van der Waals surface area contributed by atoms with Crippen molar-refractivity contribution < 1.29 is 19.0 Å². The van der Waals surface area contributed by atoms with Crippen LogP contribution >= 0.6 is 11.6 Å². The molecular formula is C13H10ClFN4O3. The Morgan fingerprint density at radius 1 is 1.41 bits per heavy atom. The molecule has 7 nitrogen and oxygen atoms in total. The smallest absolute Gasteiger partial charge is 0.354 e. The number of cyclic esters (lactones) is 1. The summed E-state index contributed by atoms with van der Waals surface area (Å²) in [6.45, 7) is 0.181. The summed E-state index contributed by atoms with van der Waals surface area (Å²) in [4.78, 5) is 11.1. The lowest BCUT2D eigenvalue weighted by Crippen LogP contribution is -2.22. The summed E-state index contributed by atoms with van der Waals surface area (Å²) in [5.74, 6) is -1.13. The topological polar surface area (TPSA) is 89.3 Å². The van der Waals surface area contributed by atoms with Crippen LogP contribution in [0.4, 0.5) is 4.39 Å². The van der Waals surface area contributed by atoms with Gasteiger partial charge in [-0.2, -0.15) is 0 Å². The van der Waals surface area contributed by atoms with Crippen molar-refractivity contribution in [2.45, 2.75) is 12.8 Å². The lowest BCUT2D eigenvalue weighted by Gasteiger charge is -2.08. The highest BCUT2D eigenvalue weighted by atomic mass is 35.5. The largest absolute Gasteiger partial charge is 0.425 e. The molecular weight excluding hydrogens is 315 g/mol. The van der Waals surface area contributed by atoms with Crippen LogP contribution in [0.25, 0.3) is 5.69 Å². The molecule has 0 fully saturated rings. The summed E-state index contributed by atoms with van der Waals surface area (Å²) < 4.78 is 18.9. The van der Waals surface area contributed by atoms with Crippen molar-refractivity contribution >= 4 is 17.6 Å². The minimum absolute atomic E-state index is 0.0861. The van der Waals surface area contributed by atoms with E-state index in [0.717, 1.165) is 0 Å². The quantitative estimate of drug-likeness (QED) is 0.810. The van der Waals surface area contributed by atoms with Gasteiger partial charge >= 0.3 is 5.97 Å². The van der Waals surface area contributed by atoms with Crippen molar-refractivity contribution in [1.82, 2.24) is 20.3 Å². The predicted molar refractivity (Wildman–Crippen MR) is 73.1 cm³/mol. The maximum absolute atomic E-state index is 12.9. The number of benzene rings is 1. The third kappa shape index (κ3) is 2.78. The number of nitrogens with one attached hydrogen (secondary N) is 1. The first-order valence-electron chi connectivity index (χ1n) is 6.24. The van der Waals surface area contributed by atoms with Gasteiger partial charge in [0.1, 0.15) is 17.2 Å². The van der Waals surface area contributed by atoms with Crippen molar-refractivity contribution in [1.29, 1.82) is 0 Å². The lowest BCUT2D eigenvalue weighted by molar-refractivity contribution is -0.151. The van der Waals surface area contributed by atoms with E-state index in [4.69, 9.17) is 11.6 Å². The summed E-state index contributed by atoms with van der Waals surface area (Å²) in [6, 6.07) is 5.76. The molecule has 2 N–H and O–H groups in total. The van der Waals surface area contributed by atoms with Crippen LogP contribution in [-0.4, -0.2) is 32.4 Å². The minimum atomic E-state index is -1.41. The number of hydrogen-bond donors (Lipinski definition) is 2. The number of esters is 1. The van der Waals surface area contributed by atoms with Crippen LogP contribution in [0.15, 0.2) is 41.2 Å². The Bertz CT molecular complexity index is 744. The molecule has 0 spiro atoms. The second-order valence-corrected chi connectivity index (χ2v) is 4.85. The molecule has 2 heterocycles. The zero-order valence-corrected chi connectivity index (χ0v) is 11.8. The molecule has 0 saturated carbocycles. The molecule has 1 aliphatic rings. The molecule has 1 atom stereocenters. The second-order valence-electron chi connectivity index (χ2n) is 4.47. The summed E-state index contributed by atoms with van der Waals surface area (Å²) in [6.07, 6.45) is 0.214. The van der Waals surface area contributed by atoms with Crippen molar-refractivity contribution in [2.24, 2.45) is 0 Å². The average molecular weight is 325 g/mol. The van der Waals surface area contributed by atoms with E-state index >= 15 is 0 Å². The van der Waals surface area contributed by atoms with Gasteiger partial charge in [0.25, 0.3) is 0 Å². The van der Waals surface area contributed by atoms with E-state index in [-0.39, 0.29) is 23.1 Å². The van der Waals surface area contributed by atoms with Crippen LogP contribution in [-0.2, 0) is 16.1 Å². The van der Waals surface area contributed by atoms with Crippen LogP contribution in [0.2, 0.25) is 0 Å². The first kappa shape index (κ1) is 14.5. The fraction of sp³-hybridized carbons (Fsp3) is 0.154. The van der Waals surface area contributed by atoms with E-state index in [1.807, 2.05) is 0 Å². The molecule has 9 heteroatoms. The number of aliphatic hydroxyl groups excluding tert-OH is 1. The summed E-state index contributed by atoms with van der Waals surface area (Å²) in [7, 11) is 0. The Labute approximate surface area is 129 Å². The van der Waals surface area contributed by atoms with Gasteiger partial charge in [0, 0.05) is 0 Å². The predicted octanol–water partition coefficient (Wildman–Crippen LogP) is 0.822. The van der Waals surface area contributed by atoms with Crippen molar-refractivity contribution in [3.05, 3.63) is 52.7 Å². The van der Waals surface area contributed by atoms with Crippen molar-refractivity contribution in [3.63, 3.8) is 0 Å². The van der Waals surface area contributed by atoms with Gasteiger partial charge < -0.3 is 15.2 Å². The maximum Gasteiger partial charge on any atom is 0.354 e. The minimum Gasteiger partial charge on any atom is -0.425 e. The fourth-order valence-corrected chi connectivity index (χ4v) is 2.09. The fourth-order valence-electron chi connectivity index (χ4n) is 1.88. The van der Waals surface area contributed by atoms with Crippen molar-refractivity contribution in [3.8, 4) is 5.69 Å². The SMILES string of the molecule is O=C1OC(O)C(NCc2cn(-c3ccc(F)cc3)nn2)=C1Cl. The molecule has 1 aromatic heterocycles. The van der Waals surface area contributed by atoms with E-state index in [9.17, 15) is 14.3 Å². The summed E-state index contributed by atoms with van der Waals surface area (Å²) in [5, 5.41) is 19.9. The number of rotatable bonds is 4. The number of aromatic nitrogens is 3. The first-order valence-corrected chi connectivity index (χ1v) is 6.62. The molecule has 0 saturated heterocycles. The molecule has 0 aliphatic carbocycles. The molecule has 0 bridgehead atoms. The number of carbonyl (C=O) groups excluding carboxylic acids is 1. The van der Waals surface area contributed by atoms with Gasteiger partial charge in [0.05, 0.1) is 18.4 Å². The van der Waals surface area contributed by atoms with Gasteiger partial charge in [-0.3, -0.25) is 0 Å². The first-order chi connectivity index (χ1) is 10.5. The van der Waals surface area contributed by atoms with E-state index in [1.165, 1.54) is 16.8 Å². The van der Waals surface area contributed by atoms with E-state index < -0.39 is 12.3 Å². The number of nitrogens with zero attached hydrogens (tertiary/aromatic N) is 3. The Kier molecular flexibility index (Phi) is 3.78. The van der Waals surface area contributed by atoms with Gasteiger partial charge in [-0.25, -0.2) is 13.9 Å². The molecule has 22 heavy (non-hydrogen) atoms. The highest BCUT2D eigenvalue weighted by Gasteiger charge is 2.31. The molecule has 2 aromatic rings. The summed E-state index contributed by atoms with van der Waals surface area (Å²) >= 11 is 5.71. The highest BCUT2D eigenvalue weighted by Crippen LogP contribution is 2.22. The van der Waals surface area contributed by atoms with Gasteiger partial charge in [0.15, 0.2) is 5.03 Å². The number of hydrogen-bond acceptors (Lipinski definition) is 6. The van der Waals surface area contributed by atoms with Crippen LogP contribution in [0.5, 0.6) is 0 Å². The third-order valence-electron chi connectivity index (χ3n) is 2.97. The van der Waals surface area contributed by atoms with Crippen LogP contribution in [0.1, 0.15) is 5.69 Å². The Morgan fingerprint density at radius 3 is 2.77 bits per heavy atom. The van der Waals surface area contributed by atoms with E-state index in [1.54, 1.807) is 18.3 Å². The van der Waals surface area contributed by atoms with Crippen LogP contribution in [0.3, 0.4) is 0 Å². The number of aliphatic hydroxyl groups is 1. The molecule has 1 aromatic carbocycles. The standard InChI is InChI=1S/C13H10ClFN4O3/c14-10-11(13(21)22-12(10)20)16-5-8-6-19(18-17-8)9-3-1-7(15)2-4-9/h1-4,6,13,16,21H,5H2. The van der Waals surface area contributed by atoms with Gasteiger partial charge in [-0.15, -0.1) is 5.10 Å². The third-order valence-corrected chi connectivity index (χ3v) is 3.33.